The summed E-state index contributed by atoms with van der Waals surface area (Å²) < 4.78 is 13.8. The molecule has 5 nitrogen and oxygen atoms in total. The van der Waals surface area contributed by atoms with E-state index in [9.17, 15) is 19.6 Å². The minimum atomic E-state index is -0.530. The number of phenols is 1. The summed E-state index contributed by atoms with van der Waals surface area (Å²) in [5, 5.41) is 23.2. The van der Waals surface area contributed by atoms with Gasteiger partial charge in [-0.15, -0.1) is 0 Å². The lowest BCUT2D eigenvalue weighted by atomic mass is 10.1. The van der Waals surface area contributed by atoms with Crippen LogP contribution < -0.4 is 5.32 Å². The van der Waals surface area contributed by atoms with E-state index in [1.165, 1.54) is 18.2 Å². The molecule has 0 saturated carbocycles. The van der Waals surface area contributed by atoms with Crippen molar-refractivity contribution in [3.63, 3.8) is 0 Å². The van der Waals surface area contributed by atoms with Crippen LogP contribution in [-0.2, 0) is 0 Å². The number of anilines is 1. The number of hydrogen-bond acceptors (Lipinski definition) is 4. The van der Waals surface area contributed by atoms with Gasteiger partial charge in [0.15, 0.2) is 0 Å². The number of phenolic OH excluding ortho intramolecular Hbond substituents is 1. The van der Waals surface area contributed by atoms with E-state index in [2.05, 4.69) is 5.32 Å². The topological polar surface area (TPSA) is 75.4 Å². The molecule has 1 unspecified atom stereocenters. The van der Waals surface area contributed by atoms with E-state index < -0.39 is 16.8 Å². The molecule has 0 amide bonds. The number of hydrogen-bond donors (Lipinski definition) is 2. The Labute approximate surface area is 121 Å². The second-order valence-electron chi connectivity index (χ2n) is 4.78. The SMILES string of the molecule is Cc1c(NC(C)c2ccc(O)cc2F)cccc1[N+](=O)[O-]. The third kappa shape index (κ3) is 3.10. The number of rotatable bonds is 4. The molecule has 110 valence electrons. The number of halogens is 1. The first-order valence-electron chi connectivity index (χ1n) is 6.39. The zero-order chi connectivity index (χ0) is 15.6. The van der Waals surface area contributed by atoms with Crippen molar-refractivity contribution in [3.8, 4) is 5.75 Å². The maximum absolute atomic E-state index is 13.8. The van der Waals surface area contributed by atoms with Crippen molar-refractivity contribution >= 4 is 11.4 Å². The van der Waals surface area contributed by atoms with Crippen LogP contribution in [0.15, 0.2) is 36.4 Å². The Balaban J connectivity index is 2.29. The number of aromatic hydroxyl groups is 1. The van der Waals surface area contributed by atoms with Crippen LogP contribution in [0.4, 0.5) is 15.8 Å². The molecule has 0 aliphatic carbocycles. The third-order valence-corrected chi connectivity index (χ3v) is 3.32. The van der Waals surface area contributed by atoms with Crippen LogP contribution in [0, 0.1) is 22.9 Å². The van der Waals surface area contributed by atoms with Gasteiger partial charge >= 0.3 is 0 Å². The first-order valence-corrected chi connectivity index (χ1v) is 6.39. The van der Waals surface area contributed by atoms with E-state index in [0.717, 1.165) is 6.07 Å². The van der Waals surface area contributed by atoms with Gasteiger partial charge < -0.3 is 10.4 Å². The van der Waals surface area contributed by atoms with E-state index in [-0.39, 0.29) is 11.4 Å². The first kappa shape index (κ1) is 14.8. The van der Waals surface area contributed by atoms with Crippen molar-refractivity contribution in [3.05, 3.63) is 63.5 Å². The van der Waals surface area contributed by atoms with Crippen LogP contribution in [0.3, 0.4) is 0 Å². The van der Waals surface area contributed by atoms with E-state index in [1.807, 2.05) is 0 Å². The molecule has 0 spiro atoms. The van der Waals surface area contributed by atoms with Crippen LogP contribution in [-0.4, -0.2) is 10.0 Å². The summed E-state index contributed by atoms with van der Waals surface area (Å²) in [4.78, 5) is 10.5. The third-order valence-electron chi connectivity index (χ3n) is 3.32. The van der Waals surface area contributed by atoms with Crippen LogP contribution in [0.1, 0.15) is 24.1 Å². The monoisotopic (exact) mass is 290 g/mol. The van der Waals surface area contributed by atoms with Crippen molar-refractivity contribution in [1.82, 2.24) is 0 Å². The molecule has 0 aliphatic heterocycles. The summed E-state index contributed by atoms with van der Waals surface area (Å²) in [6.45, 7) is 3.38. The predicted molar refractivity (Wildman–Crippen MR) is 77.9 cm³/mol. The Morgan fingerprint density at radius 3 is 2.67 bits per heavy atom. The lowest BCUT2D eigenvalue weighted by molar-refractivity contribution is -0.385. The number of nitrogens with zero attached hydrogens (tertiary/aromatic N) is 1. The summed E-state index contributed by atoms with van der Waals surface area (Å²) in [6, 6.07) is 8.22. The Kier molecular flexibility index (Phi) is 4.07. The fourth-order valence-electron chi connectivity index (χ4n) is 2.16. The Bertz CT molecular complexity index is 689. The van der Waals surface area contributed by atoms with Gasteiger partial charge in [0.25, 0.3) is 5.69 Å². The normalized spacial score (nSPS) is 12.0. The lowest BCUT2D eigenvalue weighted by Gasteiger charge is -2.18. The average Bonchev–Trinajstić information content (AvgIpc) is 2.40. The summed E-state index contributed by atoms with van der Waals surface area (Å²) in [6.07, 6.45) is 0. The highest BCUT2D eigenvalue weighted by molar-refractivity contribution is 5.60. The molecule has 0 aliphatic rings. The van der Waals surface area contributed by atoms with Gasteiger partial charge in [0.2, 0.25) is 0 Å². The van der Waals surface area contributed by atoms with Crippen LogP contribution >= 0.6 is 0 Å². The second-order valence-corrected chi connectivity index (χ2v) is 4.78. The summed E-state index contributed by atoms with van der Waals surface area (Å²) >= 11 is 0. The molecule has 0 saturated heterocycles. The minimum Gasteiger partial charge on any atom is -0.508 e. The smallest absolute Gasteiger partial charge is 0.274 e. The first-order chi connectivity index (χ1) is 9.90. The standard InChI is InChI=1S/C15H15FN2O3/c1-9-14(4-3-5-15(9)18(20)21)17-10(2)12-7-6-11(19)8-13(12)16/h3-8,10,17,19H,1-2H3. The van der Waals surface area contributed by atoms with Crippen LogP contribution in [0.5, 0.6) is 5.75 Å². The summed E-state index contributed by atoms with van der Waals surface area (Å²) in [7, 11) is 0. The molecule has 0 heterocycles. The van der Waals surface area contributed by atoms with Gasteiger partial charge in [-0.3, -0.25) is 10.1 Å². The quantitative estimate of drug-likeness (QED) is 0.661. The van der Waals surface area contributed by atoms with E-state index in [1.54, 1.807) is 26.0 Å². The Morgan fingerprint density at radius 2 is 2.05 bits per heavy atom. The molecule has 0 aromatic heterocycles. The van der Waals surface area contributed by atoms with Crippen molar-refractivity contribution in [1.29, 1.82) is 0 Å². The molecule has 2 aromatic rings. The molecular formula is C15H15FN2O3. The van der Waals surface area contributed by atoms with Gasteiger partial charge in [-0.2, -0.15) is 0 Å². The highest BCUT2D eigenvalue weighted by atomic mass is 19.1. The largest absolute Gasteiger partial charge is 0.508 e. The van der Waals surface area contributed by atoms with E-state index in [4.69, 9.17) is 0 Å². The molecule has 6 heteroatoms. The molecule has 2 rings (SSSR count). The molecule has 2 N–H and O–H groups in total. The molecule has 2 aromatic carbocycles. The molecule has 21 heavy (non-hydrogen) atoms. The van der Waals surface area contributed by atoms with Gasteiger partial charge in [-0.1, -0.05) is 12.1 Å². The Hall–Kier alpha value is -2.63. The molecule has 0 bridgehead atoms. The Morgan fingerprint density at radius 1 is 1.33 bits per heavy atom. The molecular weight excluding hydrogens is 275 g/mol. The molecule has 0 fully saturated rings. The fraction of sp³-hybridized carbons (Fsp3) is 0.200. The van der Waals surface area contributed by atoms with Gasteiger partial charge in [-0.25, -0.2) is 4.39 Å². The minimum absolute atomic E-state index is 0.0124. The van der Waals surface area contributed by atoms with Gasteiger partial charge in [0.1, 0.15) is 11.6 Å². The number of benzene rings is 2. The van der Waals surface area contributed by atoms with Crippen LogP contribution in [0.25, 0.3) is 0 Å². The second kappa shape index (κ2) is 5.78. The zero-order valence-corrected chi connectivity index (χ0v) is 11.6. The number of nitro groups is 1. The summed E-state index contributed by atoms with van der Waals surface area (Å²) in [5.74, 6) is -0.673. The van der Waals surface area contributed by atoms with E-state index >= 15 is 0 Å². The van der Waals surface area contributed by atoms with Gasteiger partial charge in [0, 0.05) is 28.9 Å². The fourth-order valence-corrected chi connectivity index (χ4v) is 2.16. The average molecular weight is 290 g/mol. The maximum atomic E-state index is 13.8. The van der Waals surface area contributed by atoms with Gasteiger partial charge in [0.05, 0.1) is 11.0 Å². The highest BCUT2D eigenvalue weighted by Crippen LogP contribution is 2.29. The molecule has 1 atom stereocenters. The zero-order valence-electron chi connectivity index (χ0n) is 11.6. The van der Waals surface area contributed by atoms with Crippen LogP contribution in [0.2, 0.25) is 0 Å². The maximum Gasteiger partial charge on any atom is 0.274 e. The highest BCUT2D eigenvalue weighted by Gasteiger charge is 2.16. The predicted octanol–water partition coefficient (Wildman–Crippen LogP) is 3.92. The lowest BCUT2D eigenvalue weighted by Crippen LogP contribution is -2.10. The number of nitrogens with one attached hydrogen (secondary N) is 1. The van der Waals surface area contributed by atoms with Crippen molar-refractivity contribution < 1.29 is 14.4 Å². The van der Waals surface area contributed by atoms with E-state index in [0.29, 0.717) is 16.8 Å². The molecule has 0 radical (unpaired) electrons. The summed E-state index contributed by atoms with van der Waals surface area (Å²) in [5.41, 5.74) is 1.45. The van der Waals surface area contributed by atoms with Crippen molar-refractivity contribution in [2.45, 2.75) is 19.9 Å². The number of nitro benzene ring substituents is 1. The van der Waals surface area contributed by atoms with Gasteiger partial charge in [-0.05, 0) is 26.0 Å². The van der Waals surface area contributed by atoms with Crippen molar-refractivity contribution in [2.24, 2.45) is 0 Å². The van der Waals surface area contributed by atoms with Crippen molar-refractivity contribution in [2.75, 3.05) is 5.32 Å².